The van der Waals surface area contributed by atoms with Gasteiger partial charge in [0, 0.05) is 11.6 Å². The van der Waals surface area contributed by atoms with Gasteiger partial charge in [0.15, 0.2) is 6.61 Å². The largest absolute Gasteiger partial charge is 0.484 e. The number of anilines is 1. The topological polar surface area (TPSA) is 75.3 Å². The summed E-state index contributed by atoms with van der Waals surface area (Å²) in [5.74, 6) is 1.31. The van der Waals surface area contributed by atoms with Gasteiger partial charge in [-0.15, -0.1) is 0 Å². The van der Waals surface area contributed by atoms with Crippen LogP contribution in [0.5, 0.6) is 5.75 Å². The minimum atomic E-state index is -0.393. The molecule has 0 unspecified atom stereocenters. The Hall–Kier alpha value is -3.52. The van der Waals surface area contributed by atoms with E-state index in [0.717, 1.165) is 11.1 Å². The second-order valence-corrected chi connectivity index (χ2v) is 6.84. The average Bonchev–Trinajstić information content (AvgIpc) is 3.09. The molecule has 2 aromatic carbocycles. The molecule has 28 heavy (non-hydrogen) atoms. The van der Waals surface area contributed by atoms with E-state index in [4.69, 9.17) is 9.15 Å². The van der Waals surface area contributed by atoms with Gasteiger partial charge < -0.3 is 9.15 Å². The molecule has 0 aliphatic rings. The maximum absolute atomic E-state index is 12.3. The van der Waals surface area contributed by atoms with Crippen LogP contribution in [0.2, 0.25) is 0 Å². The molecule has 0 saturated carbocycles. The SMILES string of the molecule is Cc1cc(OCC(=O)Nc2oc(-c3ccccc3)cc2C#N)ccc1C(C)C. The Morgan fingerprint density at radius 2 is 1.93 bits per heavy atom. The fourth-order valence-corrected chi connectivity index (χ4v) is 3.01. The van der Waals surface area contributed by atoms with Crippen LogP contribution >= 0.6 is 0 Å². The third kappa shape index (κ3) is 4.41. The van der Waals surface area contributed by atoms with E-state index >= 15 is 0 Å². The molecule has 0 atom stereocenters. The van der Waals surface area contributed by atoms with Crippen LogP contribution in [0, 0.1) is 18.3 Å². The molecule has 5 heteroatoms. The molecule has 0 spiro atoms. The van der Waals surface area contributed by atoms with E-state index in [9.17, 15) is 10.1 Å². The van der Waals surface area contributed by atoms with E-state index < -0.39 is 5.91 Å². The number of amides is 1. The van der Waals surface area contributed by atoms with Crippen molar-refractivity contribution >= 4 is 11.8 Å². The first-order chi connectivity index (χ1) is 13.5. The highest BCUT2D eigenvalue weighted by Crippen LogP contribution is 2.29. The lowest BCUT2D eigenvalue weighted by atomic mass is 9.98. The smallest absolute Gasteiger partial charge is 0.264 e. The minimum absolute atomic E-state index is 0.126. The highest BCUT2D eigenvalue weighted by molar-refractivity contribution is 5.92. The number of furan rings is 1. The molecule has 5 nitrogen and oxygen atoms in total. The second-order valence-electron chi connectivity index (χ2n) is 6.84. The molecule has 1 N–H and O–H groups in total. The van der Waals surface area contributed by atoms with Gasteiger partial charge in [-0.25, -0.2) is 0 Å². The number of rotatable bonds is 6. The third-order valence-electron chi connectivity index (χ3n) is 4.40. The molecule has 0 radical (unpaired) electrons. The monoisotopic (exact) mass is 374 g/mol. The van der Waals surface area contributed by atoms with E-state index in [2.05, 4.69) is 19.2 Å². The van der Waals surface area contributed by atoms with E-state index in [0.29, 0.717) is 17.4 Å². The highest BCUT2D eigenvalue weighted by atomic mass is 16.5. The molecule has 0 fully saturated rings. The zero-order valence-corrected chi connectivity index (χ0v) is 16.2. The van der Waals surface area contributed by atoms with Crippen LogP contribution in [0.15, 0.2) is 59.0 Å². The Bertz CT molecular complexity index is 1010. The van der Waals surface area contributed by atoms with Crippen molar-refractivity contribution in [3.8, 4) is 23.1 Å². The molecule has 1 aromatic heterocycles. The maximum atomic E-state index is 12.3. The van der Waals surface area contributed by atoms with Gasteiger partial charge in [-0.2, -0.15) is 5.26 Å². The molecule has 1 heterocycles. The molecule has 0 aliphatic carbocycles. The van der Waals surface area contributed by atoms with Gasteiger partial charge in [0.25, 0.3) is 5.91 Å². The fraction of sp³-hybridized carbons (Fsp3) is 0.217. The van der Waals surface area contributed by atoms with Crippen molar-refractivity contribution in [1.82, 2.24) is 0 Å². The van der Waals surface area contributed by atoms with Gasteiger partial charge in [0.05, 0.1) is 0 Å². The molecule has 3 rings (SSSR count). The Morgan fingerprint density at radius 3 is 2.57 bits per heavy atom. The summed E-state index contributed by atoms with van der Waals surface area (Å²) in [7, 11) is 0. The van der Waals surface area contributed by atoms with Crippen molar-refractivity contribution < 1.29 is 13.9 Å². The van der Waals surface area contributed by atoms with Crippen molar-refractivity contribution in [2.24, 2.45) is 0 Å². The Balaban J connectivity index is 1.66. The van der Waals surface area contributed by atoms with E-state index in [-0.39, 0.29) is 18.1 Å². The number of hydrogen-bond acceptors (Lipinski definition) is 4. The molecule has 3 aromatic rings. The normalized spacial score (nSPS) is 10.5. The van der Waals surface area contributed by atoms with Crippen molar-refractivity contribution in [3.63, 3.8) is 0 Å². The summed E-state index contributed by atoms with van der Waals surface area (Å²) in [6.45, 7) is 6.12. The summed E-state index contributed by atoms with van der Waals surface area (Å²) < 4.78 is 11.2. The van der Waals surface area contributed by atoms with Gasteiger partial charge in [-0.05, 0) is 36.1 Å². The van der Waals surface area contributed by atoms with Crippen LogP contribution < -0.4 is 10.1 Å². The molecule has 0 aliphatic heterocycles. The number of nitriles is 1. The quantitative estimate of drug-likeness (QED) is 0.638. The van der Waals surface area contributed by atoms with Gasteiger partial charge in [0.1, 0.15) is 23.1 Å². The second kappa shape index (κ2) is 8.45. The highest BCUT2D eigenvalue weighted by Gasteiger charge is 2.15. The lowest BCUT2D eigenvalue weighted by Crippen LogP contribution is -2.20. The van der Waals surface area contributed by atoms with E-state index in [1.807, 2.05) is 61.5 Å². The van der Waals surface area contributed by atoms with E-state index in [1.165, 1.54) is 5.56 Å². The number of ether oxygens (including phenoxy) is 1. The van der Waals surface area contributed by atoms with Crippen LogP contribution in [0.3, 0.4) is 0 Å². The first kappa shape index (κ1) is 19.2. The standard InChI is InChI=1S/C23H22N2O3/c1-15(2)20-10-9-19(11-16(20)3)27-14-22(26)25-23-18(13-24)12-21(28-23)17-7-5-4-6-8-17/h4-12,15H,14H2,1-3H3,(H,25,26). The number of benzene rings is 2. The van der Waals surface area contributed by atoms with Crippen molar-refractivity contribution in [1.29, 1.82) is 5.26 Å². The van der Waals surface area contributed by atoms with Gasteiger partial charge in [-0.3, -0.25) is 10.1 Å². The summed E-state index contributed by atoms with van der Waals surface area (Å²) in [6, 6.07) is 18.8. The predicted molar refractivity (Wildman–Crippen MR) is 108 cm³/mol. The Labute approximate surface area is 164 Å². The maximum Gasteiger partial charge on any atom is 0.264 e. The lowest BCUT2D eigenvalue weighted by Gasteiger charge is -2.12. The lowest BCUT2D eigenvalue weighted by molar-refractivity contribution is -0.118. The minimum Gasteiger partial charge on any atom is -0.484 e. The fourth-order valence-electron chi connectivity index (χ4n) is 3.01. The summed E-state index contributed by atoms with van der Waals surface area (Å²) in [5, 5.41) is 11.9. The summed E-state index contributed by atoms with van der Waals surface area (Å²) in [5.41, 5.74) is 3.47. The van der Waals surface area contributed by atoms with Crippen molar-refractivity contribution in [3.05, 3.63) is 71.3 Å². The van der Waals surface area contributed by atoms with Gasteiger partial charge in [-0.1, -0.05) is 50.2 Å². The molecule has 142 valence electrons. The molecular formula is C23H22N2O3. The number of carbonyl (C=O) groups excluding carboxylic acids is 1. The number of nitrogens with zero attached hydrogens (tertiary/aromatic N) is 1. The number of nitrogens with one attached hydrogen (secondary N) is 1. The van der Waals surface area contributed by atoms with E-state index in [1.54, 1.807) is 6.07 Å². The molecule has 0 bridgehead atoms. The summed E-state index contributed by atoms with van der Waals surface area (Å²) in [6.07, 6.45) is 0. The summed E-state index contributed by atoms with van der Waals surface area (Å²) >= 11 is 0. The number of carbonyl (C=O) groups is 1. The van der Waals surface area contributed by atoms with Gasteiger partial charge >= 0.3 is 0 Å². The van der Waals surface area contributed by atoms with Crippen LogP contribution in [0.1, 0.15) is 36.5 Å². The van der Waals surface area contributed by atoms with Crippen molar-refractivity contribution in [2.45, 2.75) is 26.7 Å². The molecule has 1 amide bonds. The molecular weight excluding hydrogens is 352 g/mol. The van der Waals surface area contributed by atoms with Crippen LogP contribution in [-0.4, -0.2) is 12.5 Å². The Morgan fingerprint density at radius 1 is 1.18 bits per heavy atom. The van der Waals surface area contributed by atoms with Crippen LogP contribution in [0.4, 0.5) is 5.88 Å². The van der Waals surface area contributed by atoms with Crippen LogP contribution in [-0.2, 0) is 4.79 Å². The number of hydrogen-bond donors (Lipinski definition) is 1. The predicted octanol–water partition coefficient (Wildman–Crippen LogP) is 5.27. The average molecular weight is 374 g/mol. The first-order valence-electron chi connectivity index (χ1n) is 9.10. The first-order valence-corrected chi connectivity index (χ1v) is 9.10. The number of aryl methyl sites for hydroxylation is 1. The zero-order chi connectivity index (χ0) is 20.1. The van der Waals surface area contributed by atoms with Crippen LogP contribution in [0.25, 0.3) is 11.3 Å². The third-order valence-corrected chi connectivity index (χ3v) is 4.40. The summed E-state index contributed by atoms with van der Waals surface area (Å²) in [4.78, 5) is 12.3. The zero-order valence-electron chi connectivity index (χ0n) is 16.2. The Kier molecular flexibility index (Phi) is 5.81. The van der Waals surface area contributed by atoms with Crippen molar-refractivity contribution in [2.75, 3.05) is 11.9 Å². The van der Waals surface area contributed by atoms with Gasteiger partial charge in [0.2, 0.25) is 5.88 Å². The molecule has 0 saturated heterocycles.